The summed E-state index contributed by atoms with van der Waals surface area (Å²) >= 11 is 0. The molecule has 0 saturated carbocycles. The lowest BCUT2D eigenvalue weighted by atomic mass is 10.0. The van der Waals surface area contributed by atoms with Gasteiger partial charge in [-0.15, -0.1) is 0 Å². The third-order valence-corrected chi connectivity index (χ3v) is 6.67. The Morgan fingerprint density at radius 1 is 0.591 bits per heavy atom. The van der Waals surface area contributed by atoms with Crippen LogP contribution in [-0.4, -0.2) is 69.1 Å². The molecule has 0 aromatic heterocycles. The van der Waals surface area contributed by atoms with Gasteiger partial charge in [-0.1, -0.05) is 54.6 Å². The Morgan fingerprint density at radius 3 is 1.55 bits per heavy atom. The van der Waals surface area contributed by atoms with Gasteiger partial charge in [0.2, 0.25) is 23.6 Å². The second-order valence-electron chi connectivity index (χ2n) is 10.2. The van der Waals surface area contributed by atoms with Crippen LogP contribution in [-0.2, 0) is 43.2 Å². The lowest BCUT2D eigenvalue weighted by molar-refractivity contribution is -0.142. The molecule has 232 valence electrons. The molecule has 4 unspecified atom stereocenters. The van der Waals surface area contributed by atoms with Crippen molar-refractivity contribution in [1.82, 2.24) is 16.0 Å². The Bertz CT molecular complexity index is 1450. The molecule has 13 nitrogen and oxygen atoms in total. The molecule has 4 amide bonds. The van der Waals surface area contributed by atoms with E-state index in [9.17, 15) is 39.3 Å². The lowest BCUT2D eigenvalue weighted by Crippen LogP contribution is -2.58. The summed E-state index contributed by atoms with van der Waals surface area (Å²) < 4.78 is 0. The van der Waals surface area contributed by atoms with Crippen LogP contribution < -0.4 is 27.4 Å². The molecule has 0 aliphatic rings. The van der Waals surface area contributed by atoms with Gasteiger partial charge in [-0.3, -0.25) is 19.2 Å². The topological polar surface area (TPSA) is 234 Å². The van der Waals surface area contributed by atoms with Gasteiger partial charge in [0.05, 0.1) is 12.5 Å². The molecule has 3 aromatic carbocycles. The third-order valence-electron chi connectivity index (χ3n) is 6.67. The van der Waals surface area contributed by atoms with Crippen LogP contribution in [0.4, 0.5) is 0 Å². The smallest absolute Gasteiger partial charge is 0.326 e. The number of hydrogen-bond acceptors (Lipinski definition) is 8. The Balaban J connectivity index is 1.78. The molecule has 0 bridgehead atoms. The summed E-state index contributed by atoms with van der Waals surface area (Å²) in [7, 11) is 0. The minimum absolute atomic E-state index is 0.0267. The van der Waals surface area contributed by atoms with Gasteiger partial charge in [-0.05, 0) is 47.4 Å². The molecule has 0 radical (unpaired) electrons. The summed E-state index contributed by atoms with van der Waals surface area (Å²) in [6.07, 6.45) is -0.697. The second kappa shape index (κ2) is 15.7. The quantitative estimate of drug-likeness (QED) is 0.115. The Hall–Kier alpha value is -5.43. The maximum absolute atomic E-state index is 13.4. The fraction of sp³-hybridized carbons (Fsp3) is 0.258. The highest BCUT2D eigenvalue weighted by Gasteiger charge is 2.31. The average Bonchev–Trinajstić information content (AvgIpc) is 2.98. The molecule has 0 fully saturated rings. The first kappa shape index (κ1) is 33.1. The number of aromatic hydroxyl groups is 2. The minimum Gasteiger partial charge on any atom is -0.508 e. The molecular formula is C31H35N5O8. The molecule has 3 rings (SSSR count). The highest BCUT2D eigenvalue weighted by Crippen LogP contribution is 2.13. The van der Waals surface area contributed by atoms with Crippen molar-refractivity contribution in [2.75, 3.05) is 0 Å². The first-order valence-corrected chi connectivity index (χ1v) is 13.7. The van der Waals surface area contributed by atoms with Crippen LogP contribution in [0.15, 0.2) is 78.9 Å². The standard InChI is InChI=1S/C31H35N5O8/c32-23(14-19-6-10-21(37)11-7-19)28(40)34-25(17-27(33)39)30(42)35-24(15-20-8-12-22(38)13-9-20)29(41)36-26(31(43)44)16-18-4-2-1-3-5-18/h1-13,23-26,37-38H,14-17,32H2,(H2,33,39)(H,34,40)(H,35,42)(H,36,41)(H,43,44). The predicted molar refractivity (Wildman–Crippen MR) is 159 cm³/mol. The van der Waals surface area contributed by atoms with Crippen LogP contribution in [0.1, 0.15) is 23.1 Å². The largest absolute Gasteiger partial charge is 0.508 e. The van der Waals surface area contributed by atoms with E-state index >= 15 is 0 Å². The summed E-state index contributed by atoms with van der Waals surface area (Å²) in [5.41, 5.74) is 13.2. The van der Waals surface area contributed by atoms with E-state index in [0.717, 1.165) is 0 Å². The number of aliphatic carboxylic acids is 1. The van der Waals surface area contributed by atoms with Crippen molar-refractivity contribution < 1.29 is 39.3 Å². The Labute approximate surface area is 253 Å². The van der Waals surface area contributed by atoms with E-state index in [-0.39, 0.29) is 30.8 Å². The summed E-state index contributed by atoms with van der Waals surface area (Å²) in [5, 5.41) is 36.2. The van der Waals surface area contributed by atoms with Gasteiger partial charge in [0.25, 0.3) is 0 Å². The number of phenolic OH excluding ortho intramolecular Hbond substituents is 2. The maximum Gasteiger partial charge on any atom is 0.326 e. The van der Waals surface area contributed by atoms with Crippen LogP contribution in [0.3, 0.4) is 0 Å². The number of carbonyl (C=O) groups is 5. The molecule has 0 spiro atoms. The predicted octanol–water partition coefficient (Wildman–Crippen LogP) is -0.133. The number of benzene rings is 3. The first-order valence-electron chi connectivity index (χ1n) is 13.7. The van der Waals surface area contributed by atoms with Gasteiger partial charge < -0.3 is 42.7 Å². The highest BCUT2D eigenvalue weighted by molar-refractivity contribution is 5.96. The van der Waals surface area contributed by atoms with Crippen molar-refractivity contribution in [3.63, 3.8) is 0 Å². The van der Waals surface area contributed by atoms with E-state index in [2.05, 4.69) is 16.0 Å². The van der Waals surface area contributed by atoms with Gasteiger partial charge in [0.1, 0.15) is 29.6 Å². The van der Waals surface area contributed by atoms with Crippen LogP contribution in [0.5, 0.6) is 11.5 Å². The molecule has 0 heterocycles. The normalized spacial score (nSPS) is 13.5. The molecule has 10 N–H and O–H groups in total. The van der Waals surface area contributed by atoms with Crippen LogP contribution in [0, 0.1) is 0 Å². The molecule has 4 atom stereocenters. The van der Waals surface area contributed by atoms with E-state index < -0.39 is 60.2 Å². The minimum atomic E-state index is -1.50. The van der Waals surface area contributed by atoms with Crippen molar-refractivity contribution in [2.24, 2.45) is 11.5 Å². The van der Waals surface area contributed by atoms with Crippen LogP contribution in [0.25, 0.3) is 0 Å². The highest BCUT2D eigenvalue weighted by atomic mass is 16.4. The molecular weight excluding hydrogens is 570 g/mol. The number of carbonyl (C=O) groups excluding carboxylic acids is 4. The molecule has 3 aromatic rings. The molecule has 13 heteroatoms. The van der Waals surface area contributed by atoms with Gasteiger partial charge >= 0.3 is 5.97 Å². The number of phenols is 2. The van der Waals surface area contributed by atoms with E-state index in [1.807, 2.05) is 0 Å². The van der Waals surface area contributed by atoms with Crippen molar-refractivity contribution in [1.29, 1.82) is 0 Å². The Morgan fingerprint density at radius 2 is 1.02 bits per heavy atom. The third kappa shape index (κ3) is 10.4. The van der Waals surface area contributed by atoms with Crippen LogP contribution in [0.2, 0.25) is 0 Å². The second-order valence-corrected chi connectivity index (χ2v) is 10.2. The average molecular weight is 606 g/mol. The maximum atomic E-state index is 13.4. The zero-order chi connectivity index (χ0) is 32.2. The number of primary amides is 1. The number of nitrogens with two attached hydrogens (primary N) is 2. The van der Waals surface area contributed by atoms with Gasteiger partial charge in [0, 0.05) is 12.8 Å². The first-order chi connectivity index (χ1) is 20.9. The zero-order valence-corrected chi connectivity index (χ0v) is 23.7. The lowest BCUT2D eigenvalue weighted by Gasteiger charge is -2.25. The molecule has 0 aliphatic carbocycles. The fourth-order valence-electron chi connectivity index (χ4n) is 4.34. The van der Waals surface area contributed by atoms with Crippen molar-refractivity contribution >= 4 is 29.6 Å². The van der Waals surface area contributed by atoms with Gasteiger partial charge in [-0.25, -0.2) is 4.79 Å². The van der Waals surface area contributed by atoms with E-state index in [0.29, 0.717) is 16.7 Å². The van der Waals surface area contributed by atoms with E-state index in [1.165, 1.54) is 36.4 Å². The summed E-state index contributed by atoms with van der Waals surface area (Å²) in [4.78, 5) is 63.4. The van der Waals surface area contributed by atoms with Crippen molar-refractivity contribution in [3.05, 3.63) is 95.6 Å². The SMILES string of the molecule is NC(=O)CC(NC(=O)C(N)Cc1ccc(O)cc1)C(=O)NC(Cc1ccc(O)cc1)C(=O)NC(Cc1ccccc1)C(=O)O. The number of amides is 4. The zero-order valence-electron chi connectivity index (χ0n) is 23.7. The van der Waals surface area contributed by atoms with Crippen molar-refractivity contribution in [3.8, 4) is 11.5 Å². The summed E-state index contributed by atoms with van der Waals surface area (Å²) in [6.45, 7) is 0. The fourth-order valence-corrected chi connectivity index (χ4v) is 4.34. The molecule has 0 aliphatic heterocycles. The summed E-state index contributed by atoms with van der Waals surface area (Å²) in [5.74, 6) is -4.73. The van der Waals surface area contributed by atoms with Crippen molar-refractivity contribution in [2.45, 2.75) is 49.9 Å². The number of nitrogens with one attached hydrogen (secondary N) is 3. The van der Waals surface area contributed by atoms with E-state index in [1.54, 1.807) is 42.5 Å². The van der Waals surface area contributed by atoms with Gasteiger partial charge in [0.15, 0.2) is 0 Å². The molecule has 44 heavy (non-hydrogen) atoms. The van der Waals surface area contributed by atoms with Gasteiger partial charge in [-0.2, -0.15) is 0 Å². The Kier molecular flexibility index (Phi) is 11.8. The number of carboxylic acid groups (broad SMARTS) is 1. The molecule has 0 saturated heterocycles. The van der Waals surface area contributed by atoms with E-state index in [4.69, 9.17) is 11.5 Å². The number of rotatable bonds is 15. The monoisotopic (exact) mass is 605 g/mol. The number of carboxylic acids is 1. The number of hydrogen-bond donors (Lipinski definition) is 8. The summed E-state index contributed by atoms with van der Waals surface area (Å²) in [6, 6.07) is 15.1. The van der Waals surface area contributed by atoms with Crippen LogP contribution >= 0.6 is 0 Å².